The van der Waals surface area contributed by atoms with Crippen LogP contribution in [-0.2, 0) is 0 Å². The molecule has 0 aliphatic carbocycles. The second-order valence-electron chi connectivity index (χ2n) is 4.85. The van der Waals surface area contributed by atoms with Crippen molar-refractivity contribution >= 4 is 27.5 Å². The Morgan fingerprint density at radius 1 is 1.25 bits per heavy atom. The highest BCUT2D eigenvalue weighted by molar-refractivity contribution is 9.10. The minimum absolute atomic E-state index is 0.0488. The van der Waals surface area contributed by atoms with E-state index in [1.165, 1.54) is 5.56 Å². The summed E-state index contributed by atoms with van der Waals surface area (Å²) in [5.41, 5.74) is 9.17. The molecular weight excluding hydrogens is 316 g/mol. The summed E-state index contributed by atoms with van der Waals surface area (Å²) in [6.07, 6.45) is 0. The van der Waals surface area contributed by atoms with Gasteiger partial charge >= 0.3 is 0 Å². The Kier molecular flexibility index (Phi) is 4.45. The van der Waals surface area contributed by atoms with Crippen LogP contribution in [0, 0.1) is 6.92 Å². The van der Waals surface area contributed by atoms with Gasteiger partial charge in [0.25, 0.3) is 5.91 Å². The summed E-state index contributed by atoms with van der Waals surface area (Å²) in [5, 5.41) is 2.98. The van der Waals surface area contributed by atoms with Crippen LogP contribution >= 0.6 is 15.9 Å². The molecule has 0 aromatic heterocycles. The van der Waals surface area contributed by atoms with E-state index in [0.717, 1.165) is 10.0 Å². The van der Waals surface area contributed by atoms with Gasteiger partial charge in [-0.1, -0.05) is 29.8 Å². The van der Waals surface area contributed by atoms with Crippen LogP contribution in [-0.4, -0.2) is 5.91 Å². The van der Waals surface area contributed by atoms with E-state index in [4.69, 9.17) is 5.73 Å². The molecule has 1 amide bonds. The number of rotatable bonds is 3. The van der Waals surface area contributed by atoms with Crippen molar-refractivity contribution in [1.29, 1.82) is 0 Å². The lowest BCUT2D eigenvalue weighted by atomic mass is 10.1. The Balaban J connectivity index is 2.13. The highest BCUT2D eigenvalue weighted by Crippen LogP contribution is 2.21. The third kappa shape index (κ3) is 3.39. The molecule has 0 spiro atoms. The third-order valence-corrected chi connectivity index (χ3v) is 3.87. The molecule has 3 nitrogen and oxygen atoms in total. The first kappa shape index (κ1) is 14.6. The predicted molar refractivity (Wildman–Crippen MR) is 85.6 cm³/mol. The van der Waals surface area contributed by atoms with Crippen LogP contribution in [0.15, 0.2) is 46.9 Å². The standard InChI is InChI=1S/C16H17BrN2O/c1-10-4-3-5-12(8-10)11(2)19-16(20)13-6-7-14(17)15(18)9-13/h3-9,11H,18H2,1-2H3,(H,19,20)/t11-/m0/s1. The van der Waals surface area contributed by atoms with Crippen molar-refractivity contribution in [1.82, 2.24) is 5.32 Å². The maximum atomic E-state index is 12.2. The quantitative estimate of drug-likeness (QED) is 0.839. The van der Waals surface area contributed by atoms with Crippen LogP contribution in [0.1, 0.15) is 34.5 Å². The average Bonchev–Trinajstić information content (AvgIpc) is 2.41. The summed E-state index contributed by atoms with van der Waals surface area (Å²) in [4.78, 5) is 12.2. The van der Waals surface area contributed by atoms with Crippen LogP contribution in [0.3, 0.4) is 0 Å². The normalized spacial score (nSPS) is 11.9. The van der Waals surface area contributed by atoms with Gasteiger partial charge in [-0.05, 0) is 53.5 Å². The summed E-state index contributed by atoms with van der Waals surface area (Å²) < 4.78 is 0.792. The summed E-state index contributed by atoms with van der Waals surface area (Å²) in [6.45, 7) is 4.00. The zero-order valence-electron chi connectivity index (χ0n) is 11.5. The van der Waals surface area contributed by atoms with Crippen LogP contribution in [0.25, 0.3) is 0 Å². The molecule has 0 saturated carbocycles. The Morgan fingerprint density at radius 2 is 2.00 bits per heavy atom. The number of carbonyl (C=O) groups excluding carboxylic acids is 1. The van der Waals surface area contributed by atoms with E-state index in [2.05, 4.69) is 27.3 Å². The molecule has 20 heavy (non-hydrogen) atoms. The minimum atomic E-state index is -0.127. The molecule has 0 fully saturated rings. The lowest BCUT2D eigenvalue weighted by Crippen LogP contribution is -2.26. The fourth-order valence-electron chi connectivity index (χ4n) is 1.99. The number of hydrogen-bond acceptors (Lipinski definition) is 2. The SMILES string of the molecule is Cc1cccc([C@H](C)NC(=O)c2ccc(Br)c(N)c2)c1. The monoisotopic (exact) mass is 332 g/mol. The van der Waals surface area contributed by atoms with Gasteiger partial charge in [-0.15, -0.1) is 0 Å². The van der Waals surface area contributed by atoms with Gasteiger partial charge in [0, 0.05) is 15.7 Å². The topological polar surface area (TPSA) is 55.1 Å². The molecule has 0 radical (unpaired) electrons. The van der Waals surface area contributed by atoms with Gasteiger partial charge in [0.1, 0.15) is 0 Å². The summed E-state index contributed by atoms with van der Waals surface area (Å²) in [5.74, 6) is -0.127. The van der Waals surface area contributed by atoms with Gasteiger partial charge in [-0.3, -0.25) is 4.79 Å². The molecule has 2 aromatic rings. The van der Waals surface area contributed by atoms with Crippen molar-refractivity contribution in [2.45, 2.75) is 19.9 Å². The molecular formula is C16H17BrN2O. The molecule has 0 aliphatic heterocycles. The van der Waals surface area contributed by atoms with Crippen LogP contribution in [0.2, 0.25) is 0 Å². The Morgan fingerprint density at radius 3 is 2.65 bits per heavy atom. The number of amides is 1. The maximum Gasteiger partial charge on any atom is 0.251 e. The van der Waals surface area contributed by atoms with Gasteiger partial charge in [0.15, 0.2) is 0 Å². The van der Waals surface area contributed by atoms with Crippen LogP contribution in [0.4, 0.5) is 5.69 Å². The summed E-state index contributed by atoms with van der Waals surface area (Å²) in [7, 11) is 0. The highest BCUT2D eigenvalue weighted by Gasteiger charge is 2.12. The molecule has 1 atom stereocenters. The van der Waals surface area contributed by atoms with Gasteiger partial charge in [0.05, 0.1) is 6.04 Å². The van der Waals surface area contributed by atoms with E-state index in [9.17, 15) is 4.79 Å². The molecule has 0 heterocycles. The van der Waals surface area contributed by atoms with Gasteiger partial charge < -0.3 is 11.1 Å². The molecule has 0 saturated heterocycles. The van der Waals surface area contributed by atoms with Gasteiger partial charge in [-0.2, -0.15) is 0 Å². The number of carbonyl (C=O) groups is 1. The van der Waals surface area contributed by atoms with E-state index in [1.807, 2.05) is 32.0 Å². The van der Waals surface area contributed by atoms with E-state index in [-0.39, 0.29) is 11.9 Å². The Labute approximate surface area is 127 Å². The fourth-order valence-corrected chi connectivity index (χ4v) is 2.23. The molecule has 0 aliphatic rings. The number of nitrogen functional groups attached to an aromatic ring is 1. The first-order chi connectivity index (χ1) is 9.47. The number of nitrogens with two attached hydrogens (primary N) is 1. The maximum absolute atomic E-state index is 12.2. The molecule has 0 bridgehead atoms. The zero-order chi connectivity index (χ0) is 14.7. The number of nitrogens with one attached hydrogen (secondary N) is 1. The molecule has 3 N–H and O–H groups in total. The molecule has 2 aromatic carbocycles. The van der Waals surface area contributed by atoms with Crippen LogP contribution in [0.5, 0.6) is 0 Å². The molecule has 0 unspecified atom stereocenters. The van der Waals surface area contributed by atoms with Crippen molar-refractivity contribution in [3.05, 3.63) is 63.6 Å². The van der Waals surface area contributed by atoms with Crippen molar-refractivity contribution in [3.63, 3.8) is 0 Å². The lowest BCUT2D eigenvalue weighted by molar-refractivity contribution is 0.0940. The van der Waals surface area contributed by atoms with E-state index < -0.39 is 0 Å². The Bertz CT molecular complexity index is 640. The number of aryl methyl sites for hydroxylation is 1. The summed E-state index contributed by atoms with van der Waals surface area (Å²) in [6, 6.07) is 13.3. The molecule has 4 heteroatoms. The second kappa shape index (κ2) is 6.09. The first-order valence-corrected chi connectivity index (χ1v) is 7.19. The van der Waals surface area contributed by atoms with Crippen molar-refractivity contribution in [2.75, 3.05) is 5.73 Å². The van der Waals surface area contributed by atoms with Gasteiger partial charge in [-0.25, -0.2) is 0 Å². The van der Waals surface area contributed by atoms with Gasteiger partial charge in [0.2, 0.25) is 0 Å². The van der Waals surface area contributed by atoms with Crippen molar-refractivity contribution in [2.24, 2.45) is 0 Å². The predicted octanol–water partition coefficient (Wildman–Crippen LogP) is 3.83. The largest absolute Gasteiger partial charge is 0.398 e. The van der Waals surface area contributed by atoms with E-state index >= 15 is 0 Å². The summed E-state index contributed by atoms with van der Waals surface area (Å²) >= 11 is 3.32. The van der Waals surface area contributed by atoms with E-state index in [0.29, 0.717) is 11.3 Å². The van der Waals surface area contributed by atoms with Crippen molar-refractivity contribution in [3.8, 4) is 0 Å². The van der Waals surface area contributed by atoms with E-state index in [1.54, 1.807) is 18.2 Å². The smallest absolute Gasteiger partial charge is 0.251 e. The highest BCUT2D eigenvalue weighted by atomic mass is 79.9. The lowest BCUT2D eigenvalue weighted by Gasteiger charge is -2.15. The fraction of sp³-hybridized carbons (Fsp3) is 0.188. The molecule has 104 valence electrons. The number of hydrogen-bond donors (Lipinski definition) is 2. The van der Waals surface area contributed by atoms with Crippen molar-refractivity contribution < 1.29 is 4.79 Å². The number of anilines is 1. The van der Waals surface area contributed by atoms with Crippen LogP contribution < -0.4 is 11.1 Å². The first-order valence-electron chi connectivity index (χ1n) is 6.40. The third-order valence-electron chi connectivity index (χ3n) is 3.15. The number of benzene rings is 2. The molecule has 2 rings (SSSR count). The Hall–Kier alpha value is -1.81. The zero-order valence-corrected chi connectivity index (χ0v) is 13.1. The minimum Gasteiger partial charge on any atom is -0.398 e. The average molecular weight is 333 g/mol. The second-order valence-corrected chi connectivity index (χ2v) is 5.70. The number of halogens is 1.